The highest BCUT2D eigenvalue weighted by Gasteiger charge is 2.10. The molecule has 0 aliphatic rings. The van der Waals surface area contributed by atoms with Gasteiger partial charge in [-0.1, -0.05) is 43.0 Å². The van der Waals surface area contributed by atoms with Crippen LogP contribution in [-0.4, -0.2) is 5.97 Å². The molecule has 2 nitrogen and oxygen atoms in total. The SMILES string of the molecule is C=C(C)C(=O)Oc1cccc2cc3cc4cc5ccccc5cc4cc3cc12. The highest BCUT2D eigenvalue weighted by molar-refractivity contribution is 6.09. The number of carbonyl (C=O) groups is 1. The summed E-state index contributed by atoms with van der Waals surface area (Å²) in [5.74, 6) is 0.156. The van der Waals surface area contributed by atoms with Crippen LogP contribution in [0.25, 0.3) is 43.1 Å². The number of esters is 1. The number of fused-ring (bicyclic) bond motifs is 4. The van der Waals surface area contributed by atoms with E-state index in [0.717, 1.165) is 16.2 Å². The van der Waals surface area contributed by atoms with Crippen LogP contribution in [0.4, 0.5) is 0 Å². The lowest BCUT2D eigenvalue weighted by atomic mass is 9.97. The van der Waals surface area contributed by atoms with E-state index in [1.807, 2.05) is 18.2 Å². The van der Waals surface area contributed by atoms with Gasteiger partial charge in [0.15, 0.2) is 0 Å². The van der Waals surface area contributed by atoms with Crippen molar-refractivity contribution in [2.45, 2.75) is 6.92 Å². The summed E-state index contributed by atoms with van der Waals surface area (Å²) < 4.78 is 5.54. The monoisotopic (exact) mass is 362 g/mol. The number of carbonyl (C=O) groups excluding carboxylic acids is 1. The third-order valence-electron chi connectivity index (χ3n) is 5.17. The lowest BCUT2D eigenvalue weighted by molar-refractivity contribution is -0.129. The maximum Gasteiger partial charge on any atom is 0.338 e. The Labute approximate surface area is 162 Å². The number of hydrogen-bond acceptors (Lipinski definition) is 2. The summed E-state index contributed by atoms with van der Waals surface area (Å²) in [7, 11) is 0. The Hall–Kier alpha value is -3.65. The zero-order valence-corrected chi connectivity index (χ0v) is 15.5. The van der Waals surface area contributed by atoms with Crippen molar-refractivity contribution in [3.05, 3.63) is 91.0 Å². The van der Waals surface area contributed by atoms with Crippen LogP contribution in [0.1, 0.15) is 6.92 Å². The van der Waals surface area contributed by atoms with E-state index < -0.39 is 5.97 Å². The van der Waals surface area contributed by atoms with E-state index in [1.54, 1.807) is 6.92 Å². The maximum absolute atomic E-state index is 12.0. The summed E-state index contributed by atoms with van der Waals surface area (Å²) in [6.45, 7) is 5.32. The van der Waals surface area contributed by atoms with Crippen LogP contribution >= 0.6 is 0 Å². The fourth-order valence-electron chi connectivity index (χ4n) is 3.72. The molecule has 134 valence electrons. The fraction of sp³-hybridized carbons (Fsp3) is 0.0385. The number of hydrogen-bond donors (Lipinski definition) is 0. The Morgan fingerprint density at radius 1 is 0.679 bits per heavy atom. The van der Waals surface area contributed by atoms with Gasteiger partial charge in [0, 0.05) is 11.0 Å². The van der Waals surface area contributed by atoms with Gasteiger partial charge in [0.25, 0.3) is 0 Å². The molecule has 5 rings (SSSR count). The van der Waals surface area contributed by atoms with Crippen molar-refractivity contribution in [3.8, 4) is 5.75 Å². The normalized spacial score (nSPS) is 11.3. The van der Waals surface area contributed by atoms with Crippen molar-refractivity contribution in [1.82, 2.24) is 0 Å². The largest absolute Gasteiger partial charge is 0.423 e. The minimum Gasteiger partial charge on any atom is -0.423 e. The van der Waals surface area contributed by atoms with E-state index in [1.165, 1.54) is 26.9 Å². The van der Waals surface area contributed by atoms with Crippen molar-refractivity contribution in [3.63, 3.8) is 0 Å². The van der Waals surface area contributed by atoms with Gasteiger partial charge in [0.1, 0.15) is 5.75 Å². The van der Waals surface area contributed by atoms with Crippen LogP contribution in [0, 0.1) is 0 Å². The van der Waals surface area contributed by atoms with Crippen molar-refractivity contribution < 1.29 is 9.53 Å². The minimum atomic E-state index is -0.405. The van der Waals surface area contributed by atoms with Crippen LogP contribution in [0.15, 0.2) is 91.0 Å². The van der Waals surface area contributed by atoms with Crippen LogP contribution in [0.5, 0.6) is 5.75 Å². The van der Waals surface area contributed by atoms with E-state index >= 15 is 0 Å². The molecule has 5 aromatic carbocycles. The molecule has 0 heterocycles. The smallest absolute Gasteiger partial charge is 0.338 e. The van der Waals surface area contributed by atoms with Gasteiger partial charge >= 0.3 is 5.97 Å². The van der Waals surface area contributed by atoms with Crippen molar-refractivity contribution in [1.29, 1.82) is 0 Å². The third-order valence-corrected chi connectivity index (χ3v) is 5.17. The molecule has 0 fully saturated rings. The second kappa shape index (κ2) is 6.21. The molecular weight excluding hydrogens is 344 g/mol. The summed E-state index contributed by atoms with van der Waals surface area (Å²) in [6, 6.07) is 27.3. The standard InChI is InChI=1S/C26H18O2/c1-16(2)26(27)28-25-9-5-8-19-12-22-13-20-10-17-6-3-4-7-18(17)11-21(20)14-23(22)15-24(19)25/h3-15H,1H2,2H3. The van der Waals surface area contributed by atoms with E-state index in [4.69, 9.17) is 4.74 Å². The van der Waals surface area contributed by atoms with Gasteiger partial charge in [-0.25, -0.2) is 4.79 Å². The molecule has 0 aromatic heterocycles. The first-order valence-electron chi connectivity index (χ1n) is 9.25. The van der Waals surface area contributed by atoms with Gasteiger partial charge in [-0.2, -0.15) is 0 Å². The second-order valence-corrected chi connectivity index (χ2v) is 7.25. The average Bonchev–Trinajstić information content (AvgIpc) is 2.69. The van der Waals surface area contributed by atoms with Crippen molar-refractivity contribution in [2.24, 2.45) is 0 Å². The Morgan fingerprint density at radius 2 is 1.18 bits per heavy atom. The molecule has 5 aromatic rings. The first-order valence-corrected chi connectivity index (χ1v) is 9.25. The summed E-state index contributed by atoms with van der Waals surface area (Å²) in [5, 5.41) is 9.13. The van der Waals surface area contributed by atoms with E-state index in [9.17, 15) is 4.79 Å². The van der Waals surface area contributed by atoms with Crippen LogP contribution in [-0.2, 0) is 4.79 Å². The molecule has 0 radical (unpaired) electrons. The second-order valence-electron chi connectivity index (χ2n) is 7.25. The molecule has 0 atom stereocenters. The minimum absolute atomic E-state index is 0.385. The van der Waals surface area contributed by atoms with Crippen LogP contribution in [0.3, 0.4) is 0 Å². The summed E-state index contributed by atoms with van der Waals surface area (Å²) in [5.41, 5.74) is 0.385. The molecule has 0 amide bonds. The van der Waals surface area contributed by atoms with Crippen LogP contribution < -0.4 is 4.74 Å². The van der Waals surface area contributed by atoms with Gasteiger partial charge < -0.3 is 4.74 Å². The average molecular weight is 362 g/mol. The number of rotatable bonds is 2. The summed E-state index contributed by atoms with van der Waals surface area (Å²) >= 11 is 0. The van der Waals surface area contributed by atoms with Gasteiger partial charge in [0.05, 0.1) is 0 Å². The Bertz CT molecular complexity index is 1430. The van der Waals surface area contributed by atoms with Gasteiger partial charge in [-0.05, 0) is 87.1 Å². The highest BCUT2D eigenvalue weighted by Crippen LogP contribution is 2.33. The molecule has 0 aliphatic heterocycles. The highest BCUT2D eigenvalue weighted by atomic mass is 16.5. The topological polar surface area (TPSA) is 26.3 Å². The lowest BCUT2D eigenvalue weighted by Crippen LogP contribution is -2.08. The van der Waals surface area contributed by atoms with E-state index in [-0.39, 0.29) is 0 Å². The summed E-state index contributed by atoms with van der Waals surface area (Å²) in [4.78, 5) is 12.0. The Morgan fingerprint density at radius 3 is 1.79 bits per heavy atom. The molecule has 0 unspecified atom stereocenters. The first-order chi connectivity index (χ1) is 13.6. The molecule has 0 saturated carbocycles. The molecule has 0 spiro atoms. The third kappa shape index (κ3) is 2.71. The maximum atomic E-state index is 12.0. The predicted octanol–water partition coefficient (Wildman–Crippen LogP) is 6.78. The molecule has 0 saturated heterocycles. The zero-order chi connectivity index (χ0) is 19.3. The Balaban J connectivity index is 1.76. The number of ether oxygens (including phenoxy) is 1. The predicted molar refractivity (Wildman–Crippen MR) is 117 cm³/mol. The molecule has 28 heavy (non-hydrogen) atoms. The van der Waals surface area contributed by atoms with Gasteiger partial charge in [-0.15, -0.1) is 0 Å². The molecule has 0 bridgehead atoms. The summed E-state index contributed by atoms with van der Waals surface area (Å²) in [6.07, 6.45) is 0. The van der Waals surface area contributed by atoms with Gasteiger partial charge in [0.2, 0.25) is 0 Å². The quantitative estimate of drug-likeness (QED) is 0.150. The first kappa shape index (κ1) is 16.5. The fourth-order valence-corrected chi connectivity index (χ4v) is 3.72. The van der Waals surface area contributed by atoms with E-state index in [2.05, 4.69) is 67.2 Å². The van der Waals surface area contributed by atoms with Gasteiger partial charge in [-0.3, -0.25) is 0 Å². The lowest BCUT2D eigenvalue weighted by Gasteiger charge is -2.10. The zero-order valence-electron chi connectivity index (χ0n) is 15.5. The molecule has 0 aliphatic carbocycles. The van der Waals surface area contributed by atoms with Crippen molar-refractivity contribution in [2.75, 3.05) is 0 Å². The van der Waals surface area contributed by atoms with Crippen molar-refractivity contribution >= 4 is 49.1 Å². The molecule has 0 N–H and O–H groups in total. The van der Waals surface area contributed by atoms with Crippen LogP contribution in [0.2, 0.25) is 0 Å². The molecule has 2 heteroatoms. The number of benzene rings is 5. The Kier molecular flexibility index (Phi) is 3.66. The van der Waals surface area contributed by atoms with E-state index in [0.29, 0.717) is 11.3 Å². The molecular formula is C26H18O2.